The monoisotopic (exact) mass is 398 g/mol. The van der Waals surface area contributed by atoms with Crippen molar-refractivity contribution >= 4 is 11.0 Å². The topological polar surface area (TPSA) is 58.1 Å². The predicted octanol–water partition coefficient (Wildman–Crippen LogP) is 5.91. The molecule has 0 bridgehead atoms. The molecule has 30 heavy (non-hydrogen) atoms. The van der Waals surface area contributed by atoms with Gasteiger partial charge in [0, 0.05) is 0 Å². The Bertz CT molecular complexity index is 1180. The van der Waals surface area contributed by atoms with Gasteiger partial charge in [0.15, 0.2) is 0 Å². The standard InChI is InChI=1S/C26H26N2O2/c1-26(2,29)22-6-4-3-5-21(22)19-11-14-23-24(15-19)28-25(27-23)16-30-20-12-9-18(10-13-20)17-7-8-17/h3-6,9-15,17,29H,7-8,16H2,1-2H3,(H,27,28). The molecule has 1 fully saturated rings. The van der Waals surface area contributed by atoms with Crippen LogP contribution in [-0.2, 0) is 12.2 Å². The van der Waals surface area contributed by atoms with Gasteiger partial charge >= 0.3 is 0 Å². The normalized spacial score (nSPS) is 14.2. The lowest BCUT2D eigenvalue weighted by Gasteiger charge is -2.21. The predicted molar refractivity (Wildman–Crippen MR) is 120 cm³/mol. The van der Waals surface area contributed by atoms with Gasteiger partial charge in [0.25, 0.3) is 0 Å². The number of rotatable bonds is 6. The van der Waals surface area contributed by atoms with Crippen LogP contribution in [0.5, 0.6) is 5.75 Å². The highest BCUT2D eigenvalue weighted by atomic mass is 16.5. The van der Waals surface area contributed by atoms with Crippen molar-refractivity contribution in [3.05, 3.63) is 83.7 Å². The van der Waals surface area contributed by atoms with E-state index in [9.17, 15) is 5.11 Å². The number of hydrogen-bond acceptors (Lipinski definition) is 3. The largest absolute Gasteiger partial charge is 0.486 e. The molecule has 1 aromatic heterocycles. The number of imidazole rings is 1. The average molecular weight is 399 g/mol. The van der Waals surface area contributed by atoms with Crippen molar-refractivity contribution in [2.75, 3.05) is 0 Å². The molecule has 0 radical (unpaired) electrons. The Morgan fingerprint density at radius 3 is 2.53 bits per heavy atom. The van der Waals surface area contributed by atoms with Crippen LogP contribution in [-0.4, -0.2) is 15.1 Å². The fraction of sp³-hybridized carbons (Fsp3) is 0.269. The van der Waals surface area contributed by atoms with Gasteiger partial charge < -0.3 is 14.8 Å². The van der Waals surface area contributed by atoms with Gasteiger partial charge in [0.1, 0.15) is 18.2 Å². The lowest BCUT2D eigenvalue weighted by Crippen LogP contribution is -2.16. The minimum absolute atomic E-state index is 0.396. The van der Waals surface area contributed by atoms with E-state index in [-0.39, 0.29) is 0 Å². The zero-order valence-electron chi connectivity index (χ0n) is 17.4. The fourth-order valence-corrected chi connectivity index (χ4v) is 3.97. The Kier molecular flexibility index (Phi) is 4.59. The Morgan fingerprint density at radius 2 is 1.80 bits per heavy atom. The van der Waals surface area contributed by atoms with E-state index in [1.807, 2.05) is 56.3 Å². The summed E-state index contributed by atoms with van der Waals surface area (Å²) >= 11 is 0. The first-order valence-electron chi connectivity index (χ1n) is 10.5. The van der Waals surface area contributed by atoms with Gasteiger partial charge in [-0.2, -0.15) is 0 Å². The van der Waals surface area contributed by atoms with Crippen molar-refractivity contribution in [3.8, 4) is 16.9 Å². The number of aromatic nitrogens is 2. The number of H-pyrrole nitrogens is 1. The maximum Gasteiger partial charge on any atom is 0.146 e. The second-order valence-electron chi connectivity index (χ2n) is 8.65. The molecule has 152 valence electrons. The van der Waals surface area contributed by atoms with Crippen molar-refractivity contribution in [3.63, 3.8) is 0 Å². The first kappa shape index (κ1) is 18.9. The second-order valence-corrected chi connectivity index (χ2v) is 8.65. The second kappa shape index (κ2) is 7.29. The van der Waals surface area contributed by atoms with Crippen molar-refractivity contribution < 1.29 is 9.84 Å². The van der Waals surface area contributed by atoms with E-state index in [0.29, 0.717) is 6.61 Å². The van der Waals surface area contributed by atoms with Crippen LogP contribution in [0.1, 0.15) is 49.6 Å². The molecule has 0 amide bonds. The summed E-state index contributed by atoms with van der Waals surface area (Å²) in [4.78, 5) is 8.06. The van der Waals surface area contributed by atoms with Gasteiger partial charge in [0.05, 0.1) is 16.6 Å². The highest BCUT2D eigenvalue weighted by Crippen LogP contribution is 2.40. The maximum absolute atomic E-state index is 10.5. The molecule has 3 aromatic carbocycles. The van der Waals surface area contributed by atoms with E-state index in [1.165, 1.54) is 18.4 Å². The molecule has 4 aromatic rings. The third kappa shape index (κ3) is 3.83. The summed E-state index contributed by atoms with van der Waals surface area (Å²) in [6.07, 6.45) is 2.61. The average Bonchev–Trinajstić information content (AvgIpc) is 3.51. The summed E-state index contributed by atoms with van der Waals surface area (Å²) in [5.74, 6) is 2.41. The first-order valence-corrected chi connectivity index (χ1v) is 10.5. The molecule has 1 heterocycles. The van der Waals surface area contributed by atoms with Gasteiger partial charge in [-0.25, -0.2) is 4.98 Å². The molecule has 1 saturated carbocycles. The lowest BCUT2D eigenvalue weighted by molar-refractivity contribution is 0.0792. The molecule has 0 aliphatic heterocycles. The summed E-state index contributed by atoms with van der Waals surface area (Å²) in [5.41, 5.74) is 5.31. The number of nitrogens with one attached hydrogen (secondary N) is 1. The van der Waals surface area contributed by atoms with Gasteiger partial charge in [-0.3, -0.25) is 0 Å². The first-order chi connectivity index (χ1) is 14.5. The highest BCUT2D eigenvalue weighted by molar-refractivity contribution is 5.83. The number of benzene rings is 3. The third-order valence-corrected chi connectivity index (χ3v) is 5.73. The third-order valence-electron chi connectivity index (χ3n) is 5.73. The van der Waals surface area contributed by atoms with Crippen LogP contribution < -0.4 is 4.74 Å². The number of hydrogen-bond donors (Lipinski definition) is 2. The molecule has 0 unspecified atom stereocenters. The van der Waals surface area contributed by atoms with Crippen LogP contribution in [0, 0.1) is 0 Å². The molecule has 4 nitrogen and oxygen atoms in total. The van der Waals surface area contributed by atoms with E-state index in [2.05, 4.69) is 29.2 Å². The van der Waals surface area contributed by atoms with E-state index in [4.69, 9.17) is 9.72 Å². The number of nitrogens with zero attached hydrogens (tertiary/aromatic N) is 1. The molecule has 2 N–H and O–H groups in total. The van der Waals surface area contributed by atoms with Crippen LogP contribution in [0.15, 0.2) is 66.7 Å². The molecule has 0 saturated heterocycles. The molecule has 0 spiro atoms. The molecule has 4 heteroatoms. The lowest BCUT2D eigenvalue weighted by atomic mass is 9.89. The summed E-state index contributed by atoms with van der Waals surface area (Å²) in [6, 6.07) is 22.5. The molecular formula is C26H26N2O2. The van der Waals surface area contributed by atoms with Crippen LogP contribution >= 0.6 is 0 Å². The summed E-state index contributed by atoms with van der Waals surface area (Å²) in [7, 11) is 0. The molecule has 1 aliphatic carbocycles. The number of aromatic amines is 1. The molecule has 0 atom stereocenters. The van der Waals surface area contributed by atoms with Crippen molar-refractivity contribution in [1.82, 2.24) is 9.97 Å². The smallest absolute Gasteiger partial charge is 0.146 e. The highest BCUT2D eigenvalue weighted by Gasteiger charge is 2.23. The van der Waals surface area contributed by atoms with Gasteiger partial charge in [-0.15, -0.1) is 0 Å². The van der Waals surface area contributed by atoms with E-state index in [1.54, 1.807) is 0 Å². The van der Waals surface area contributed by atoms with Crippen LogP contribution in [0.3, 0.4) is 0 Å². The zero-order chi connectivity index (χ0) is 20.7. The van der Waals surface area contributed by atoms with E-state index < -0.39 is 5.60 Å². The van der Waals surface area contributed by atoms with Crippen molar-refractivity contribution in [1.29, 1.82) is 0 Å². The Hall–Kier alpha value is -3.11. The van der Waals surface area contributed by atoms with Gasteiger partial charge in [0.2, 0.25) is 0 Å². The number of fused-ring (bicyclic) bond motifs is 1. The van der Waals surface area contributed by atoms with Crippen LogP contribution in [0.4, 0.5) is 0 Å². The molecule has 1 aliphatic rings. The minimum atomic E-state index is -0.912. The van der Waals surface area contributed by atoms with Crippen molar-refractivity contribution in [2.45, 2.75) is 44.8 Å². The van der Waals surface area contributed by atoms with E-state index >= 15 is 0 Å². The molecule has 5 rings (SSSR count). The summed E-state index contributed by atoms with van der Waals surface area (Å²) in [5, 5.41) is 10.5. The number of aliphatic hydroxyl groups is 1. The zero-order valence-corrected chi connectivity index (χ0v) is 17.4. The maximum atomic E-state index is 10.5. The van der Waals surface area contributed by atoms with Crippen LogP contribution in [0.2, 0.25) is 0 Å². The quantitative estimate of drug-likeness (QED) is 0.424. The van der Waals surface area contributed by atoms with E-state index in [0.717, 1.165) is 45.2 Å². The Balaban J connectivity index is 1.37. The number of ether oxygens (including phenoxy) is 1. The Morgan fingerprint density at radius 1 is 1.03 bits per heavy atom. The fourth-order valence-electron chi connectivity index (χ4n) is 3.97. The van der Waals surface area contributed by atoms with Gasteiger partial charge in [-0.05, 0) is 79.1 Å². The van der Waals surface area contributed by atoms with Crippen LogP contribution in [0.25, 0.3) is 22.2 Å². The summed E-state index contributed by atoms with van der Waals surface area (Å²) < 4.78 is 5.93. The Labute approximate surface area is 176 Å². The minimum Gasteiger partial charge on any atom is -0.486 e. The van der Waals surface area contributed by atoms with Gasteiger partial charge in [-0.1, -0.05) is 42.5 Å². The molecular weight excluding hydrogens is 372 g/mol. The van der Waals surface area contributed by atoms with Crippen molar-refractivity contribution in [2.24, 2.45) is 0 Å². The summed E-state index contributed by atoms with van der Waals surface area (Å²) in [6.45, 7) is 4.02. The SMILES string of the molecule is CC(C)(O)c1ccccc1-c1ccc2[nH]c(COc3ccc(C4CC4)cc3)nc2c1.